The fourth-order valence-electron chi connectivity index (χ4n) is 2.95. The first-order valence-electron chi connectivity index (χ1n) is 6.18. The maximum absolute atomic E-state index is 13.1. The summed E-state index contributed by atoms with van der Waals surface area (Å²) in [5.41, 5.74) is 1.19. The van der Waals surface area contributed by atoms with Gasteiger partial charge in [0.15, 0.2) is 0 Å². The van der Waals surface area contributed by atoms with E-state index in [1.54, 1.807) is 12.1 Å². The number of hydrogen-bond acceptors (Lipinski definition) is 2. The van der Waals surface area contributed by atoms with Gasteiger partial charge in [-0.15, -0.1) is 0 Å². The molecule has 0 N–H and O–H groups in total. The lowest BCUT2D eigenvalue weighted by Crippen LogP contribution is -2.50. The minimum atomic E-state index is -0.141. The smallest absolute Gasteiger partial charge is 0.124 e. The standard InChI is InChI=1S/C13H16FIN2/c14-10-3-4-13(12(15)8-10)17-7-6-16-5-1-2-11(16)9-17/h3-4,8,11H,1-2,5-7,9H2. The molecule has 0 bridgehead atoms. The van der Waals surface area contributed by atoms with E-state index < -0.39 is 0 Å². The van der Waals surface area contributed by atoms with Crippen molar-refractivity contribution in [2.24, 2.45) is 0 Å². The van der Waals surface area contributed by atoms with Gasteiger partial charge in [-0.05, 0) is 60.2 Å². The Morgan fingerprint density at radius 3 is 2.94 bits per heavy atom. The Labute approximate surface area is 115 Å². The summed E-state index contributed by atoms with van der Waals surface area (Å²) in [6, 6.07) is 5.82. The van der Waals surface area contributed by atoms with Crippen LogP contribution >= 0.6 is 22.6 Å². The van der Waals surface area contributed by atoms with Crippen LogP contribution in [0.2, 0.25) is 0 Å². The van der Waals surface area contributed by atoms with Crippen LogP contribution in [0.5, 0.6) is 0 Å². The van der Waals surface area contributed by atoms with Crippen molar-refractivity contribution < 1.29 is 4.39 Å². The van der Waals surface area contributed by atoms with Crippen LogP contribution in [0.4, 0.5) is 10.1 Å². The van der Waals surface area contributed by atoms with Crippen LogP contribution in [0, 0.1) is 9.39 Å². The maximum atomic E-state index is 13.1. The van der Waals surface area contributed by atoms with Crippen molar-refractivity contribution in [2.45, 2.75) is 18.9 Å². The summed E-state index contributed by atoms with van der Waals surface area (Å²) in [5, 5.41) is 0. The fraction of sp³-hybridized carbons (Fsp3) is 0.538. The molecule has 0 radical (unpaired) electrons. The molecule has 1 aromatic carbocycles. The molecular formula is C13H16FIN2. The average molecular weight is 346 g/mol. The van der Waals surface area contributed by atoms with E-state index in [1.165, 1.54) is 25.1 Å². The second-order valence-corrected chi connectivity index (χ2v) is 6.04. The summed E-state index contributed by atoms with van der Waals surface area (Å²) < 4.78 is 14.1. The molecule has 0 aromatic heterocycles. The van der Waals surface area contributed by atoms with Crippen molar-refractivity contribution in [3.05, 3.63) is 27.6 Å². The Bertz CT molecular complexity index is 424. The third kappa shape index (κ3) is 2.29. The first kappa shape index (κ1) is 11.7. The predicted octanol–water partition coefficient (Wildman–Crippen LogP) is 2.71. The van der Waals surface area contributed by atoms with Crippen molar-refractivity contribution in [3.8, 4) is 0 Å². The van der Waals surface area contributed by atoms with E-state index in [9.17, 15) is 4.39 Å². The number of anilines is 1. The summed E-state index contributed by atoms with van der Waals surface area (Å²) in [4.78, 5) is 5.00. The highest BCUT2D eigenvalue weighted by Crippen LogP contribution is 2.28. The monoisotopic (exact) mass is 346 g/mol. The fourth-order valence-corrected chi connectivity index (χ4v) is 3.77. The lowest BCUT2D eigenvalue weighted by atomic mass is 10.1. The molecule has 17 heavy (non-hydrogen) atoms. The highest BCUT2D eigenvalue weighted by molar-refractivity contribution is 14.1. The van der Waals surface area contributed by atoms with Crippen LogP contribution in [-0.2, 0) is 0 Å². The molecule has 0 amide bonds. The van der Waals surface area contributed by atoms with Crippen molar-refractivity contribution >= 4 is 28.3 Å². The van der Waals surface area contributed by atoms with Crippen molar-refractivity contribution in [1.82, 2.24) is 4.90 Å². The molecule has 0 aliphatic carbocycles. The highest BCUT2D eigenvalue weighted by atomic mass is 127. The molecule has 2 saturated heterocycles. The zero-order valence-electron chi connectivity index (χ0n) is 9.70. The number of piperazine rings is 1. The van der Waals surface area contributed by atoms with Crippen LogP contribution in [0.15, 0.2) is 18.2 Å². The molecule has 2 fully saturated rings. The Kier molecular flexibility index (Phi) is 3.25. The van der Waals surface area contributed by atoms with E-state index in [0.29, 0.717) is 6.04 Å². The normalized spacial score (nSPS) is 25.1. The molecule has 0 spiro atoms. The second kappa shape index (κ2) is 4.72. The zero-order chi connectivity index (χ0) is 11.8. The van der Waals surface area contributed by atoms with Gasteiger partial charge >= 0.3 is 0 Å². The van der Waals surface area contributed by atoms with Gasteiger partial charge in [-0.3, -0.25) is 4.90 Å². The number of nitrogens with zero attached hydrogens (tertiary/aromatic N) is 2. The molecule has 2 heterocycles. The summed E-state index contributed by atoms with van der Waals surface area (Å²) in [5.74, 6) is -0.141. The number of halogens is 2. The van der Waals surface area contributed by atoms with Crippen molar-refractivity contribution in [1.29, 1.82) is 0 Å². The van der Waals surface area contributed by atoms with E-state index in [4.69, 9.17) is 0 Å². The molecule has 1 atom stereocenters. The van der Waals surface area contributed by atoms with Gasteiger partial charge in [0.1, 0.15) is 5.82 Å². The van der Waals surface area contributed by atoms with Gasteiger partial charge in [0, 0.05) is 29.2 Å². The van der Waals surface area contributed by atoms with Gasteiger partial charge in [-0.1, -0.05) is 0 Å². The largest absolute Gasteiger partial charge is 0.368 e. The highest BCUT2D eigenvalue weighted by Gasteiger charge is 2.31. The topological polar surface area (TPSA) is 6.48 Å². The lowest BCUT2D eigenvalue weighted by Gasteiger charge is -2.39. The Balaban J connectivity index is 1.80. The number of rotatable bonds is 1. The minimum absolute atomic E-state index is 0.141. The van der Waals surface area contributed by atoms with Gasteiger partial charge in [0.25, 0.3) is 0 Å². The molecule has 2 nitrogen and oxygen atoms in total. The van der Waals surface area contributed by atoms with E-state index in [0.717, 1.165) is 23.2 Å². The van der Waals surface area contributed by atoms with E-state index in [-0.39, 0.29) is 5.82 Å². The van der Waals surface area contributed by atoms with Crippen LogP contribution in [0.25, 0.3) is 0 Å². The van der Waals surface area contributed by atoms with Crippen LogP contribution < -0.4 is 4.90 Å². The first-order valence-corrected chi connectivity index (χ1v) is 7.26. The molecule has 1 unspecified atom stereocenters. The molecular weight excluding hydrogens is 330 g/mol. The van der Waals surface area contributed by atoms with Crippen LogP contribution in [0.1, 0.15) is 12.8 Å². The molecule has 2 aliphatic rings. The minimum Gasteiger partial charge on any atom is -0.368 e. The average Bonchev–Trinajstić information content (AvgIpc) is 2.75. The number of benzene rings is 1. The van der Waals surface area contributed by atoms with Gasteiger partial charge in [0.05, 0.1) is 5.69 Å². The summed E-state index contributed by atoms with van der Waals surface area (Å²) in [6.07, 6.45) is 2.65. The maximum Gasteiger partial charge on any atom is 0.124 e. The molecule has 1 aromatic rings. The van der Waals surface area contributed by atoms with Gasteiger partial charge in [-0.25, -0.2) is 4.39 Å². The molecule has 92 valence electrons. The third-order valence-electron chi connectivity index (χ3n) is 3.84. The van der Waals surface area contributed by atoms with Crippen molar-refractivity contribution in [3.63, 3.8) is 0 Å². The van der Waals surface area contributed by atoms with Crippen LogP contribution in [0.3, 0.4) is 0 Å². The summed E-state index contributed by atoms with van der Waals surface area (Å²) in [6.45, 7) is 4.58. The van der Waals surface area contributed by atoms with E-state index in [1.807, 2.05) is 6.07 Å². The van der Waals surface area contributed by atoms with E-state index >= 15 is 0 Å². The Morgan fingerprint density at radius 2 is 2.12 bits per heavy atom. The summed E-state index contributed by atoms with van der Waals surface area (Å²) >= 11 is 2.23. The second-order valence-electron chi connectivity index (χ2n) is 4.87. The molecule has 3 rings (SSSR count). The zero-order valence-corrected chi connectivity index (χ0v) is 11.9. The number of fused-ring (bicyclic) bond motifs is 1. The SMILES string of the molecule is Fc1ccc(N2CCN3CCCC3C2)c(I)c1. The molecule has 0 saturated carbocycles. The van der Waals surface area contributed by atoms with Gasteiger partial charge in [-0.2, -0.15) is 0 Å². The molecule has 4 heteroatoms. The summed E-state index contributed by atoms with van der Waals surface area (Å²) in [7, 11) is 0. The predicted molar refractivity (Wildman–Crippen MR) is 75.9 cm³/mol. The Hall–Kier alpha value is -0.360. The van der Waals surface area contributed by atoms with E-state index in [2.05, 4.69) is 32.4 Å². The van der Waals surface area contributed by atoms with Crippen LogP contribution in [-0.4, -0.2) is 37.1 Å². The van der Waals surface area contributed by atoms with Gasteiger partial charge in [0.2, 0.25) is 0 Å². The molecule has 2 aliphatic heterocycles. The quantitative estimate of drug-likeness (QED) is 0.722. The first-order chi connectivity index (χ1) is 8.24. The van der Waals surface area contributed by atoms with Gasteiger partial charge < -0.3 is 4.90 Å². The Morgan fingerprint density at radius 1 is 1.24 bits per heavy atom. The third-order valence-corrected chi connectivity index (χ3v) is 4.70. The van der Waals surface area contributed by atoms with Crippen molar-refractivity contribution in [2.75, 3.05) is 31.1 Å². The lowest BCUT2D eigenvalue weighted by molar-refractivity contribution is 0.231. The number of hydrogen-bond donors (Lipinski definition) is 0.